The van der Waals surface area contributed by atoms with E-state index in [1.165, 1.54) is 4.31 Å². The van der Waals surface area contributed by atoms with Crippen LogP contribution in [0.25, 0.3) is 11.0 Å². The summed E-state index contributed by atoms with van der Waals surface area (Å²) in [6.07, 6.45) is 1.15. The van der Waals surface area contributed by atoms with Crippen molar-refractivity contribution in [1.29, 1.82) is 0 Å². The van der Waals surface area contributed by atoms with Crippen molar-refractivity contribution in [2.45, 2.75) is 25.8 Å². The van der Waals surface area contributed by atoms with E-state index in [0.717, 1.165) is 27.5 Å². The molecule has 0 spiro atoms. The molecule has 0 bridgehead atoms. The summed E-state index contributed by atoms with van der Waals surface area (Å²) in [4.78, 5) is 34.9. The van der Waals surface area contributed by atoms with Gasteiger partial charge in [0.1, 0.15) is 11.6 Å². The molecular formula is C20H27N5O5S. The van der Waals surface area contributed by atoms with Crippen LogP contribution in [0.5, 0.6) is 5.75 Å². The average Bonchev–Trinajstić information content (AvgIpc) is 3.15. The number of sulfonamides is 1. The molecule has 1 aromatic heterocycles. The fraction of sp³-hybridized carbons (Fsp3) is 0.550. The van der Waals surface area contributed by atoms with Gasteiger partial charge in [-0.15, -0.1) is 0 Å². The number of imidazole rings is 1. The summed E-state index contributed by atoms with van der Waals surface area (Å²) in [5.74, 6) is 0.797. The molecule has 0 saturated carbocycles. The van der Waals surface area contributed by atoms with Crippen LogP contribution in [-0.2, 0) is 26.2 Å². The monoisotopic (exact) mass is 449 g/mol. The highest BCUT2D eigenvalue weighted by molar-refractivity contribution is 7.89. The summed E-state index contributed by atoms with van der Waals surface area (Å²) < 4.78 is 32.1. The molecule has 0 atom stereocenters. The van der Waals surface area contributed by atoms with Gasteiger partial charge in [0, 0.05) is 51.6 Å². The van der Waals surface area contributed by atoms with Crippen LogP contribution in [-0.4, -0.2) is 89.9 Å². The lowest BCUT2D eigenvalue weighted by molar-refractivity contribution is -0.147. The number of imide groups is 1. The maximum atomic E-state index is 12.7. The third-order valence-corrected chi connectivity index (χ3v) is 7.64. The molecule has 0 unspecified atom stereocenters. The molecule has 4 rings (SSSR count). The van der Waals surface area contributed by atoms with Crippen molar-refractivity contribution in [3.63, 3.8) is 0 Å². The fourth-order valence-electron chi connectivity index (χ4n) is 4.01. The van der Waals surface area contributed by atoms with Crippen LogP contribution < -0.4 is 4.74 Å². The number of aromatic amines is 1. The Morgan fingerprint density at radius 2 is 1.81 bits per heavy atom. The van der Waals surface area contributed by atoms with Gasteiger partial charge in [-0.25, -0.2) is 13.4 Å². The number of hydrogen-bond acceptors (Lipinski definition) is 7. The van der Waals surface area contributed by atoms with Crippen molar-refractivity contribution in [3.05, 3.63) is 24.0 Å². The van der Waals surface area contributed by atoms with E-state index in [9.17, 15) is 18.0 Å². The van der Waals surface area contributed by atoms with Crippen molar-refractivity contribution in [3.8, 4) is 5.75 Å². The van der Waals surface area contributed by atoms with Gasteiger partial charge < -0.3 is 9.72 Å². The van der Waals surface area contributed by atoms with E-state index in [-0.39, 0.29) is 24.1 Å². The van der Waals surface area contributed by atoms with Crippen LogP contribution in [0, 0.1) is 0 Å². The van der Waals surface area contributed by atoms with Gasteiger partial charge in [-0.3, -0.25) is 19.4 Å². The Hall–Kier alpha value is -2.50. The zero-order chi connectivity index (χ0) is 22.0. The molecule has 3 heterocycles. The number of piperidine rings is 1. The Labute approximate surface area is 181 Å². The lowest BCUT2D eigenvalue weighted by Crippen LogP contribution is -2.50. The molecule has 1 aromatic carbocycles. The summed E-state index contributed by atoms with van der Waals surface area (Å²) in [5, 5.41) is 0. The Balaban J connectivity index is 1.30. The fourth-order valence-corrected chi connectivity index (χ4v) is 5.40. The molecule has 168 valence electrons. The van der Waals surface area contributed by atoms with E-state index in [4.69, 9.17) is 4.74 Å². The average molecular weight is 450 g/mol. The molecule has 2 aliphatic heterocycles. The van der Waals surface area contributed by atoms with Crippen LogP contribution in [0.1, 0.15) is 25.1 Å². The van der Waals surface area contributed by atoms with Crippen molar-refractivity contribution in [2.75, 3.05) is 45.6 Å². The molecule has 2 aliphatic rings. The first kappa shape index (κ1) is 21.7. The number of ether oxygens (including phenoxy) is 1. The molecule has 31 heavy (non-hydrogen) atoms. The maximum absolute atomic E-state index is 12.7. The molecule has 2 fully saturated rings. The Morgan fingerprint density at radius 3 is 2.48 bits per heavy atom. The first-order valence-corrected chi connectivity index (χ1v) is 12.0. The number of methoxy groups -OCH3 is 1. The molecule has 2 aromatic rings. The van der Waals surface area contributed by atoms with E-state index in [1.807, 2.05) is 18.2 Å². The standard InChI is InChI=1S/C20H27N5O5S/c1-30-15-5-6-16-17(13-15)22-18(21-16)14-23-7-9-24(10-8-23)31(28,29)12-11-25-19(26)3-2-4-20(25)27/h5-6,13H,2-4,7-12,14H2,1H3,(H,21,22). The number of aromatic nitrogens is 2. The number of likely N-dealkylation sites (tertiary alicyclic amines) is 1. The number of carbonyl (C=O) groups excluding carboxylic acids is 2. The highest BCUT2D eigenvalue weighted by Crippen LogP contribution is 2.20. The number of amides is 2. The highest BCUT2D eigenvalue weighted by Gasteiger charge is 2.31. The van der Waals surface area contributed by atoms with Gasteiger partial charge in [-0.2, -0.15) is 4.31 Å². The van der Waals surface area contributed by atoms with Gasteiger partial charge in [0.25, 0.3) is 0 Å². The zero-order valence-electron chi connectivity index (χ0n) is 17.5. The van der Waals surface area contributed by atoms with Gasteiger partial charge in [0.15, 0.2) is 0 Å². The smallest absolute Gasteiger partial charge is 0.229 e. The van der Waals surface area contributed by atoms with E-state index in [0.29, 0.717) is 52.0 Å². The minimum atomic E-state index is -3.53. The number of piperazine rings is 1. The molecule has 0 radical (unpaired) electrons. The molecule has 10 nitrogen and oxygen atoms in total. The first-order valence-electron chi connectivity index (χ1n) is 10.4. The first-order chi connectivity index (χ1) is 14.9. The predicted octanol–water partition coefficient (Wildman–Crippen LogP) is 0.558. The van der Waals surface area contributed by atoms with Crippen LogP contribution in [0.3, 0.4) is 0 Å². The van der Waals surface area contributed by atoms with E-state index < -0.39 is 10.0 Å². The lowest BCUT2D eigenvalue weighted by Gasteiger charge is -2.34. The summed E-state index contributed by atoms with van der Waals surface area (Å²) >= 11 is 0. The number of rotatable bonds is 7. The van der Waals surface area contributed by atoms with Gasteiger partial charge in [0.05, 0.1) is 30.4 Å². The second kappa shape index (κ2) is 8.93. The molecule has 0 aliphatic carbocycles. The quantitative estimate of drug-likeness (QED) is 0.614. The lowest BCUT2D eigenvalue weighted by atomic mass is 10.1. The minimum absolute atomic E-state index is 0.0668. The van der Waals surface area contributed by atoms with E-state index in [1.54, 1.807) is 7.11 Å². The molecule has 2 amide bonds. The number of hydrogen-bond donors (Lipinski definition) is 1. The largest absolute Gasteiger partial charge is 0.497 e. The summed E-state index contributed by atoms with van der Waals surface area (Å²) in [6.45, 7) is 2.45. The number of benzene rings is 1. The number of fused-ring (bicyclic) bond motifs is 1. The van der Waals surface area contributed by atoms with Gasteiger partial charge in [-0.1, -0.05) is 0 Å². The normalized spacial score (nSPS) is 19.3. The van der Waals surface area contributed by atoms with Crippen molar-refractivity contribution >= 4 is 32.9 Å². The third-order valence-electron chi connectivity index (χ3n) is 5.79. The Morgan fingerprint density at radius 1 is 1.10 bits per heavy atom. The second-order valence-corrected chi connectivity index (χ2v) is 9.94. The minimum Gasteiger partial charge on any atom is -0.497 e. The molecule has 1 N–H and O–H groups in total. The summed E-state index contributed by atoms with van der Waals surface area (Å²) in [6, 6.07) is 5.66. The number of H-pyrrole nitrogens is 1. The SMILES string of the molecule is COc1ccc2nc(CN3CCN(S(=O)(=O)CCN4C(=O)CCCC4=O)CC3)[nH]c2c1. The van der Waals surface area contributed by atoms with Crippen LogP contribution >= 0.6 is 0 Å². The van der Waals surface area contributed by atoms with Crippen molar-refractivity contribution < 1.29 is 22.7 Å². The van der Waals surface area contributed by atoms with Gasteiger partial charge in [0.2, 0.25) is 21.8 Å². The number of carbonyl (C=O) groups is 2. The van der Waals surface area contributed by atoms with Crippen LogP contribution in [0.4, 0.5) is 0 Å². The molecule has 11 heteroatoms. The van der Waals surface area contributed by atoms with Crippen LogP contribution in [0.15, 0.2) is 18.2 Å². The summed E-state index contributed by atoms with van der Waals surface area (Å²) in [5.41, 5.74) is 1.76. The summed E-state index contributed by atoms with van der Waals surface area (Å²) in [7, 11) is -1.91. The number of nitrogens with one attached hydrogen (secondary N) is 1. The van der Waals surface area contributed by atoms with E-state index >= 15 is 0 Å². The topological polar surface area (TPSA) is 116 Å². The number of nitrogens with zero attached hydrogens (tertiary/aromatic N) is 4. The Kier molecular flexibility index (Phi) is 6.26. The maximum Gasteiger partial charge on any atom is 0.229 e. The highest BCUT2D eigenvalue weighted by atomic mass is 32.2. The second-order valence-electron chi connectivity index (χ2n) is 7.85. The molecule has 2 saturated heterocycles. The Bertz CT molecular complexity index is 1060. The van der Waals surface area contributed by atoms with Gasteiger partial charge >= 0.3 is 0 Å². The zero-order valence-corrected chi connectivity index (χ0v) is 18.4. The predicted molar refractivity (Wildman–Crippen MR) is 114 cm³/mol. The van der Waals surface area contributed by atoms with Crippen molar-refractivity contribution in [1.82, 2.24) is 24.1 Å². The van der Waals surface area contributed by atoms with Crippen molar-refractivity contribution in [2.24, 2.45) is 0 Å². The van der Waals surface area contributed by atoms with Gasteiger partial charge in [-0.05, 0) is 18.6 Å². The molecular weight excluding hydrogens is 422 g/mol. The third kappa shape index (κ3) is 4.89. The van der Waals surface area contributed by atoms with Crippen LogP contribution in [0.2, 0.25) is 0 Å². The van der Waals surface area contributed by atoms with E-state index in [2.05, 4.69) is 14.9 Å².